The molecule has 8 nitrogen and oxygen atoms in total. The van der Waals surface area contributed by atoms with E-state index in [0.29, 0.717) is 39.6 Å². The van der Waals surface area contributed by atoms with E-state index in [9.17, 15) is 4.79 Å². The fourth-order valence-electron chi connectivity index (χ4n) is 3.15. The van der Waals surface area contributed by atoms with Gasteiger partial charge in [0.2, 0.25) is 0 Å². The van der Waals surface area contributed by atoms with Gasteiger partial charge in [0.05, 0.1) is 41.0 Å². The van der Waals surface area contributed by atoms with Gasteiger partial charge in [-0.25, -0.2) is 15.0 Å². The zero-order valence-electron chi connectivity index (χ0n) is 15.9. The Morgan fingerprint density at radius 2 is 1.83 bits per heavy atom. The number of hydrogen-bond donors (Lipinski definition) is 1. The molecule has 4 aromatic heterocycles. The number of benzene rings is 1. The number of nitrogens with one attached hydrogen (secondary N) is 1. The second-order valence-electron chi connectivity index (χ2n) is 6.60. The molecule has 0 saturated heterocycles. The Bertz CT molecular complexity index is 1330. The predicted molar refractivity (Wildman–Crippen MR) is 110 cm³/mol. The van der Waals surface area contributed by atoms with Crippen LogP contribution < -0.4 is 5.32 Å². The van der Waals surface area contributed by atoms with Gasteiger partial charge in [-0.2, -0.15) is 0 Å². The number of aromatic nitrogens is 4. The van der Waals surface area contributed by atoms with Crippen molar-refractivity contribution >= 4 is 22.7 Å². The van der Waals surface area contributed by atoms with Gasteiger partial charge in [0.1, 0.15) is 5.69 Å². The average molecular weight is 397 g/mol. The van der Waals surface area contributed by atoms with Crippen molar-refractivity contribution < 1.29 is 13.7 Å². The first-order chi connectivity index (χ1) is 14.7. The molecule has 0 aliphatic carbocycles. The summed E-state index contributed by atoms with van der Waals surface area (Å²) in [4.78, 5) is 26.1. The Balaban J connectivity index is 1.48. The van der Waals surface area contributed by atoms with Gasteiger partial charge in [0.15, 0.2) is 11.6 Å². The number of amides is 1. The van der Waals surface area contributed by atoms with Crippen LogP contribution in [0, 0.1) is 6.92 Å². The van der Waals surface area contributed by atoms with Crippen molar-refractivity contribution in [2.24, 2.45) is 0 Å². The molecule has 0 bridgehead atoms. The Kier molecular flexibility index (Phi) is 4.29. The van der Waals surface area contributed by atoms with Crippen LogP contribution in [0.1, 0.15) is 16.1 Å². The SMILES string of the molecule is Cc1noc2nc(-c3ccco3)cc(C(=O)Nc3cnc(-c4ccccc4)nc3)c12. The van der Waals surface area contributed by atoms with E-state index in [4.69, 9.17) is 8.94 Å². The molecule has 1 aromatic carbocycles. The van der Waals surface area contributed by atoms with Crippen molar-refractivity contribution in [2.75, 3.05) is 5.32 Å². The molecule has 8 heteroatoms. The van der Waals surface area contributed by atoms with Gasteiger partial charge in [-0.3, -0.25) is 4.79 Å². The lowest BCUT2D eigenvalue weighted by Crippen LogP contribution is -2.13. The number of hydrogen-bond acceptors (Lipinski definition) is 7. The van der Waals surface area contributed by atoms with Crippen molar-refractivity contribution in [2.45, 2.75) is 6.92 Å². The molecule has 4 heterocycles. The first kappa shape index (κ1) is 17.7. The summed E-state index contributed by atoms with van der Waals surface area (Å²) in [6.45, 7) is 1.76. The Morgan fingerprint density at radius 3 is 2.57 bits per heavy atom. The van der Waals surface area contributed by atoms with Gasteiger partial charge in [0.25, 0.3) is 11.6 Å². The van der Waals surface area contributed by atoms with E-state index in [2.05, 4.69) is 25.4 Å². The molecular formula is C22H15N5O3. The second-order valence-corrected chi connectivity index (χ2v) is 6.60. The van der Waals surface area contributed by atoms with E-state index in [1.54, 1.807) is 37.5 Å². The summed E-state index contributed by atoms with van der Waals surface area (Å²) in [5.74, 6) is 0.753. The van der Waals surface area contributed by atoms with Gasteiger partial charge in [-0.15, -0.1) is 0 Å². The van der Waals surface area contributed by atoms with Crippen LogP contribution in [0.2, 0.25) is 0 Å². The summed E-state index contributed by atoms with van der Waals surface area (Å²) in [5, 5.41) is 7.31. The van der Waals surface area contributed by atoms with Crippen LogP contribution in [0.3, 0.4) is 0 Å². The maximum atomic E-state index is 13.1. The largest absolute Gasteiger partial charge is 0.463 e. The number of pyridine rings is 1. The zero-order valence-corrected chi connectivity index (χ0v) is 15.9. The first-order valence-corrected chi connectivity index (χ1v) is 9.19. The predicted octanol–water partition coefficient (Wildman–Crippen LogP) is 4.50. The third kappa shape index (κ3) is 3.20. The molecule has 0 fully saturated rings. The molecule has 1 amide bonds. The topological polar surface area (TPSA) is 107 Å². The van der Waals surface area contributed by atoms with Crippen molar-refractivity contribution in [3.8, 4) is 22.8 Å². The number of carbonyl (C=O) groups excluding carboxylic acids is 1. The third-order valence-electron chi connectivity index (χ3n) is 4.58. The van der Waals surface area contributed by atoms with Gasteiger partial charge >= 0.3 is 0 Å². The molecule has 0 aliphatic rings. The Morgan fingerprint density at radius 1 is 1.03 bits per heavy atom. The number of nitrogens with zero attached hydrogens (tertiary/aromatic N) is 4. The molecule has 0 saturated carbocycles. The summed E-state index contributed by atoms with van der Waals surface area (Å²) in [7, 11) is 0. The molecule has 0 radical (unpaired) electrons. The van der Waals surface area contributed by atoms with E-state index in [0.717, 1.165) is 5.56 Å². The molecular weight excluding hydrogens is 382 g/mol. The standard InChI is InChI=1S/C22H15N5O3/c1-13-19-16(10-17(18-8-5-9-29-18)26-22(19)30-27-13)21(28)25-15-11-23-20(24-12-15)14-6-3-2-4-7-14/h2-12H,1H3,(H,25,28). The van der Waals surface area contributed by atoms with Crippen molar-refractivity contribution in [1.29, 1.82) is 0 Å². The van der Waals surface area contributed by atoms with Gasteiger partial charge < -0.3 is 14.3 Å². The molecule has 1 N–H and O–H groups in total. The first-order valence-electron chi connectivity index (χ1n) is 9.19. The molecule has 146 valence electrons. The highest BCUT2D eigenvalue weighted by molar-refractivity contribution is 6.12. The van der Waals surface area contributed by atoms with E-state index in [1.807, 2.05) is 30.3 Å². The minimum absolute atomic E-state index is 0.266. The normalized spacial score (nSPS) is 11.0. The molecule has 0 aliphatic heterocycles. The Hall–Kier alpha value is -4.33. The van der Waals surface area contributed by atoms with Crippen molar-refractivity contribution in [3.63, 3.8) is 0 Å². The van der Waals surface area contributed by atoms with Crippen molar-refractivity contribution in [1.82, 2.24) is 20.1 Å². The number of carbonyl (C=O) groups is 1. The third-order valence-corrected chi connectivity index (χ3v) is 4.58. The lowest BCUT2D eigenvalue weighted by molar-refractivity contribution is 0.102. The fourth-order valence-corrected chi connectivity index (χ4v) is 3.15. The van der Waals surface area contributed by atoms with E-state index in [1.165, 1.54) is 6.26 Å². The van der Waals surface area contributed by atoms with E-state index < -0.39 is 0 Å². The minimum Gasteiger partial charge on any atom is -0.463 e. The summed E-state index contributed by atoms with van der Waals surface area (Å²) in [6, 6.07) is 14.8. The second kappa shape index (κ2) is 7.25. The van der Waals surface area contributed by atoms with E-state index >= 15 is 0 Å². The smallest absolute Gasteiger partial charge is 0.259 e. The summed E-state index contributed by atoms with van der Waals surface area (Å²) < 4.78 is 10.7. The minimum atomic E-state index is -0.349. The maximum absolute atomic E-state index is 13.1. The van der Waals surface area contributed by atoms with Crippen LogP contribution in [-0.4, -0.2) is 26.0 Å². The number of aryl methyl sites for hydroxylation is 1. The van der Waals surface area contributed by atoms with Crippen LogP contribution in [0.5, 0.6) is 0 Å². The molecule has 0 atom stereocenters. The van der Waals surface area contributed by atoms with Crippen molar-refractivity contribution in [3.05, 3.63) is 78.4 Å². The fraction of sp³-hybridized carbons (Fsp3) is 0.0455. The number of anilines is 1. The van der Waals surface area contributed by atoms with Gasteiger partial charge in [-0.05, 0) is 25.1 Å². The van der Waals surface area contributed by atoms with E-state index in [-0.39, 0.29) is 11.6 Å². The molecule has 0 unspecified atom stereocenters. The van der Waals surface area contributed by atoms with Crippen LogP contribution >= 0.6 is 0 Å². The number of furan rings is 1. The van der Waals surface area contributed by atoms with Crippen LogP contribution in [0.15, 0.2) is 76.1 Å². The molecule has 5 aromatic rings. The quantitative estimate of drug-likeness (QED) is 0.476. The number of fused-ring (bicyclic) bond motifs is 1. The van der Waals surface area contributed by atoms with Crippen LogP contribution in [0.4, 0.5) is 5.69 Å². The highest BCUT2D eigenvalue weighted by atomic mass is 16.5. The average Bonchev–Trinajstić information content (AvgIpc) is 3.45. The highest BCUT2D eigenvalue weighted by Crippen LogP contribution is 2.28. The summed E-state index contributed by atoms with van der Waals surface area (Å²) >= 11 is 0. The monoisotopic (exact) mass is 397 g/mol. The maximum Gasteiger partial charge on any atom is 0.259 e. The number of rotatable bonds is 4. The van der Waals surface area contributed by atoms with Crippen LogP contribution in [-0.2, 0) is 0 Å². The lowest BCUT2D eigenvalue weighted by Gasteiger charge is -2.08. The summed E-state index contributed by atoms with van der Waals surface area (Å²) in [5.41, 5.74) is 3.06. The van der Waals surface area contributed by atoms with Gasteiger partial charge in [0, 0.05) is 5.56 Å². The zero-order chi connectivity index (χ0) is 20.5. The molecule has 30 heavy (non-hydrogen) atoms. The lowest BCUT2D eigenvalue weighted by atomic mass is 10.1. The van der Waals surface area contributed by atoms with Crippen LogP contribution in [0.25, 0.3) is 33.9 Å². The molecule has 0 spiro atoms. The molecule has 5 rings (SSSR count). The summed E-state index contributed by atoms with van der Waals surface area (Å²) in [6.07, 6.45) is 4.68. The van der Waals surface area contributed by atoms with Gasteiger partial charge in [-0.1, -0.05) is 35.5 Å². The highest BCUT2D eigenvalue weighted by Gasteiger charge is 2.20. The Labute approximate surface area is 170 Å².